The van der Waals surface area contributed by atoms with Gasteiger partial charge in [-0.15, -0.1) is 0 Å². The molecule has 1 heterocycles. The van der Waals surface area contributed by atoms with Crippen LogP contribution in [0.15, 0.2) is 42.5 Å². The molecule has 1 saturated heterocycles. The number of amides is 1. The van der Waals surface area contributed by atoms with Crippen molar-refractivity contribution in [1.82, 2.24) is 4.90 Å². The van der Waals surface area contributed by atoms with Crippen LogP contribution in [0.3, 0.4) is 0 Å². The number of hydrogen-bond donors (Lipinski definition) is 0. The van der Waals surface area contributed by atoms with Gasteiger partial charge in [-0.1, -0.05) is 12.1 Å². The van der Waals surface area contributed by atoms with E-state index in [1.807, 2.05) is 36.1 Å². The molecule has 2 aromatic carbocycles. The summed E-state index contributed by atoms with van der Waals surface area (Å²) in [6.07, 6.45) is 2.95. The van der Waals surface area contributed by atoms with Gasteiger partial charge in [0.25, 0.3) is 5.91 Å². The van der Waals surface area contributed by atoms with Crippen LogP contribution in [0.25, 0.3) is 0 Å². The van der Waals surface area contributed by atoms with Crippen LogP contribution in [-0.2, 0) is 6.61 Å². The molecule has 136 valence electrons. The highest BCUT2D eigenvalue weighted by atomic mass is 16.5. The molecule has 0 bridgehead atoms. The van der Waals surface area contributed by atoms with Gasteiger partial charge >= 0.3 is 0 Å². The molecule has 0 atom stereocenters. The third-order valence-corrected chi connectivity index (χ3v) is 4.39. The SMILES string of the molecule is CCOc1cc(C=O)ccc1OCc1ccc(C(=O)N2CCCC2)cc1. The van der Waals surface area contributed by atoms with Crippen LogP contribution in [0.5, 0.6) is 11.5 Å². The summed E-state index contributed by atoms with van der Waals surface area (Å²) in [6.45, 7) is 4.43. The number of carbonyl (C=O) groups excluding carboxylic acids is 2. The lowest BCUT2D eigenvalue weighted by Gasteiger charge is -2.15. The Balaban J connectivity index is 1.64. The van der Waals surface area contributed by atoms with E-state index in [-0.39, 0.29) is 5.91 Å². The molecule has 0 spiro atoms. The molecule has 0 unspecified atom stereocenters. The number of rotatable bonds is 7. The van der Waals surface area contributed by atoms with Gasteiger partial charge in [0.1, 0.15) is 12.9 Å². The molecule has 0 aliphatic carbocycles. The first kappa shape index (κ1) is 18.0. The number of ether oxygens (including phenoxy) is 2. The van der Waals surface area contributed by atoms with Crippen molar-refractivity contribution in [2.75, 3.05) is 19.7 Å². The van der Waals surface area contributed by atoms with E-state index in [0.717, 1.165) is 37.8 Å². The fourth-order valence-corrected chi connectivity index (χ4v) is 2.99. The summed E-state index contributed by atoms with van der Waals surface area (Å²) in [5.41, 5.74) is 2.22. The van der Waals surface area contributed by atoms with E-state index in [9.17, 15) is 9.59 Å². The van der Waals surface area contributed by atoms with Gasteiger partial charge in [0.2, 0.25) is 0 Å². The lowest BCUT2D eigenvalue weighted by atomic mass is 10.1. The molecule has 1 aliphatic heterocycles. The van der Waals surface area contributed by atoms with Crippen molar-refractivity contribution < 1.29 is 19.1 Å². The van der Waals surface area contributed by atoms with E-state index in [2.05, 4.69) is 0 Å². The average Bonchev–Trinajstić information content (AvgIpc) is 3.22. The summed E-state index contributed by atoms with van der Waals surface area (Å²) >= 11 is 0. The summed E-state index contributed by atoms with van der Waals surface area (Å²) < 4.78 is 11.4. The number of likely N-dealkylation sites (tertiary alicyclic amines) is 1. The Bertz CT molecular complexity index is 764. The summed E-state index contributed by atoms with van der Waals surface area (Å²) in [7, 11) is 0. The quantitative estimate of drug-likeness (QED) is 0.712. The highest BCUT2D eigenvalue weighted by molar-refractivity contribution is 5.94. The largest absolute Gasteiger partial charge is 0.490 e. The van der Waals surface area contributed by atoms with Gasteiger partial charge in [0, 0.05) is 24.2 Å². The Morgan fingerprint density at radius 2 is 1.77 bits per heavy atom. The molecule has 5 heteroatoms. The van der Waals surface area contributed by atoms with Crippen molar-refractivity contribution in [2.45, 2.75) is 26.4 Å². The molecule has 0 aromatic heterocycles. The van der Waals surface area contributed by atoms with Gasteiger partial charge < -0.3 is 14.4 Å². The Labute approximate surface area is 153 Å². The van der Waals surface area contributed by atoms with Crippen molar-refractivity contribution in [3.05, 3.63) is 59.2 Å². The normalized spacial score (nSPS) is 13.5. The van der Waals surface area contributed by atoms with Crippen LogP contribution in [-0.4, -0.2) is 36.8 Å². The van der Waals surface area contributed by atoms with Crippen LogP contribution >= 0.6 is 0 Å². The third-order valence-electron chi connectivity index (χ3n) is 4.39. The fraction of sp³-hybridized carbons (Fsp3) is 0.333. The highest BCUT2D eigenvalue weighted by Gasteiger charge is 2.19. The molecule has 26 heavy (non-hydrogen) atoms. The lowest BCUT2D eigenvalue weighted by molar-refractivity contribution is 0.0792. The predicted molar refractivity (Wildman–Crippen MR) is 98.9 cm³/mol. The van der Waals surface area contributed by atoms with Crippen molar-refractivity contribution in [2.24, 2.45) is 0 Å². The molecule has 0 saturated carbocycles. The van der Waals surface area contributed by atoms with E-state index >= 15 is 0 Å². The van der Waals surface area contributed by atoms with Gasteiger partial charge in [-0.25, -0.2) is 0 Å². The zero-order valence-corrected chi connectivity index (χ0v) is 14.9. The predicted octanol–water partition coefficient (Wildman–Crippen LogP) is 3.71. The summed E-state index contributed by atoms with van der Waals surface area (Å²) in [4.78, 5) is 25.2. The maximum absolute atomic E-state index is 12.4. The summed E-state index contributed by atoms with van der Waals surface area (Å²) in [5, 5.41) is 0. The highest BCUT2D eigenvalue weighted by Crippen LogP contribution is 2.29. The zero-order valence-electron chi connectivity index (χ0n) is 14.9. The Morgan fingerprint density at radius 3 is 2.42 bits per heavy atom. The van der Waals surface area contributed by atoms with Crippen LogP contribution in [0.2, 0.25) is 0 Å². The molecular formula is C21H23NO4. The summed E-state index contributed by atoms with van der Waals surface area (Å²) in [5.74, 6) is 1.24. The molecule has 5 nitrogen and oxygen atoms in total. The second kappa shape index (κ2) is 8.52. The summed E-state index contributed by atoms with van der Waals surface area (Å²) in [6, 6.07) is 12.6. The number of aldehydes is 1. The smallest absolute Gasteiger partial charge is 0.253 e. The third kappa shape index (κ3) is 4.23. The van der Waals surface area contributed by atoms with Crippen LogP contribution < -0.4 is 9.47 Å². The van der Waals surface area contributed by atoms with Gasteiger partial charge in [-0.05, 0) is 55.7 Å². The van der Waals surface area contributed by atoms with E-state index < -0.39 is 0 Å². The molecule has 1 amide bonds. The van der Waals surface area contributed by atoms with Gasteiger partial charge in [-0.3, -0.25) is 9.59 Å². The molecule has 3 rings (SSSR count). The first-order chi connectivity index (χ1) is 12.7. The molecule has 0 N–H and O–H groups in total. The number of benzene rings is 2. The van der Waals surface area contributed by atoms with Crippen molar-refractivity contribution in [3.63, 3.8) is 0 Å². The minimum Gasteiger partial charge on any atom is -0.490 e. The second-order valence-electron chi connectivity index (χ2n) is 6.24. The van der Waals surface area contributed by atoms with E-state index in [0.29, 0.717) is 35.8 Å². The monoisotopic (exact) mass is 353 g/mol. The Kier molecular flexibility index (Phi) is 5.89. The number of hydrogen-bond acceptors (Lipinski definition) is 4. The van der Waals surface area contributed by atoms with Crippen molar-refractivity contribution in [3.8, 4) is 11.5 Å². The fourth-order valence-electron chi connectivity index (χ4n) is 2.99. The van der Waals surface area contributed by atoms with E-state index in [4.69, 9.17) is 9.47 Å². The van der Waals surface area contributed by atoms with Gasteiger partial charge in [0.05, 0.1) is 6.61 Å². The lowest BCUT2D eigenvalue weighted by Crippen LogP contribution is -2.27. The Hall–Kier alpha value is -2.82. The molecular weight excluding hydrogens is 330 g/mol. The molecule has 1 fully saturated rings. The van der Waals surface area contributed by atoms with E-state index in [1.165, 1.54) is 0 Å². The maximum atomic E-state index is 12.4. The molecule has 0 radical (unpaired) electrons. The minimum absolute atomic E-state index is 0.0954. The van der Waals surface area contributed by atoms with Crippen molar-refractivity contribution in [1.29, 1.82) is 0 Å². The standard InChI is InChI=1S/C21H23NO4/c1-2-25-20-13-17(14-23)7-10-19(20)26-15-16-5-8-18(9-6-16)21(24)22-11-3-4-12-22/h5-10,13-14H,2-4,11-12,15H2,1H3. The van der Waals surface area contributed by atoms with Gasteiger partial charge in [-0.2, -0.15) is 0 Å². The van der Waals surface area contributed by atoms with Gasteiger partial charge in [0.15, 0.2) is 11.5 Å². The van der Waals surface area contributed by atoms with Crippen LogP contribution in [0.1, 0.15) is 46.0 Å². The first-order valence-electron chi connectivity index (χ1n) is 8.94. The second-order valence-corrected chi connectivity index (χ2v) is 6.24. The zero-order chi connectivity index (χ0) is 18.4. The van der Waals surface area contributed by atoms with E-state index in [1.54, 1.807) is 18.2 Å². The first-order valence-corrected chi connectivity index (χ1v) is 8.94. The van der Waals surface area contributed by atoms with Crippen molar-refractivity contribution >= 4 is 12.2 Å². The minimum atomic E-state index is 0.0954. The average molecular weight is 353 g/mol. The molecule has 1 aliphatic rings. The van der Waals surface area contributed by atoms with Crippen LogP contribution in [0, 0.1) is 0 Å². The molecule has 2 aromatic rings. The van der Waals surface area contributed by atoms with Crippen LogP contribution in [0.4, 0.5) is 0 Å². The number of nitrogens with zero attached hydrogens (tertiary/aromatic N) is 1. The number of carbonyl (C=O) groups is 2. The Morgan fingerprint density at radius 1 is 1.04 bits per heavy atom. The maximum Gasteiger partial charge on any atom is 0.253 e. The topological polar surface area (TPSA) is 55.8 Å².